The number of nitrogens with one attached hydrogen (secondary N) is 2. The zero-order valence-corrected chi connectivity index (χ0v) is 12.3. The lowest BCUT2D eigenvalue weighted by Crippen LogP contribution is -2.38. The third kappa shape index (κ3) is 3.21. The lowest BCUT2D eigenvalue weighted by atomic mass is 10.1. The van der Waals surface area contributed by atoms with Gasteiger partial charge in [-0.15, -0.1) is 0 Å². The summed E-state index contributed by atoms with van der Waals surface area (Å²) >= 11 is 0. The molecule has 0 radical (unpaired) electrons. The molecule has 0 saturated heterocycles. The highest BCUT2D eigenvalue weighted by molar-refractivity contribution is 6.21. The van der Waals surface area contributed by atoms with E-state index in [1.807, 2.05) is 13.8 Å². The van der Waals surface area contributed by atoms with Crippen molar-refractivity contribution in [1.82, 2.24) is 15.5 Å². The van der Waals surface area contributed by atoms with Gasteiger partial charge in [-0.05, 0) is 26.0 Å². The van der Waals surface area contributed by atoms with Crippen LogP contribution in [-0.4, -0.2) is 48.9 Å². The van der Waals surface area contributed by atoms with E-state index in [0.29, 0.717) is 23.6 Å². The highest BCUT2D eigenvalue weighted by Gasteiger charge is 2.34. The molecule has 112 valence electrons. The van der Waals surface area contributed by atoms with Crippen LogP contribution >= 0.6 is 0 Å². The summed E-state index contributed by atoms with van der Waals surface area (Å²) in [5.41, 5.74) is 0.954. The number of rotatable bonds is 5. The Bertz CT molecular complexity index is 526. The van der Waals surface area contributed by atoms with Crippen molar-refractivity contribution >= 4 is 17.8 Å². The summed E-state index contributed by atoms with van der Waals surface area (Å²) in [6.07, 6.45) is 0. The molecular formula is C15H20N4O2. The molecule has 0 aliphatic carbocycles. The Hall–Kier alpha value is -2.37. The fraction of sp³-hybridized carbons (Fsp3) is 0.400. The van der Waals surface area contributed by atoms with Gasteiger partial charge in [-0.25, -0.2) is 0 Å². The topological polar surface area (TPSA) is 73.8 Å². The van der Waals surface area contributed by atoms with Crippen LogP contribution in [0, 0.1) is 0 Å². The largest absolute Gasteiger partial charge is 0.357 e. The van der Waals surface area contributed by atoms with Gasteiger partial charge in [0.1, 0.15) is 0 Å². The summed E-state index contributed by atoms with van der Waals surface area (Å²) in [7, 11) is 0. The van der Waals surface area contributed by atoms with Gasteiger partial charge in [-0.1, -0.05) is 12.1 Å². The molecule has 1 aromatic rings. The van der Waals surface area contributed by atoms with Crippen molar-refractivity contribution in [1.29, 1.82) is 0 Å². The fourth-order valence-electron chi connectivity index (χ4n) is 2.21. The maximum Gasteiger partial charge on any atom is 0.261 e. The minimum atomic E-state index is -0.237. The normalized spacial score (nSPS) is 13.1. The first-order valence-electron chi connectivity index (χ1n) is 7.16. The molecule has 6 nitrogen and oxygen atoms in total. The smallest absolute Gasteiger partial charge is 0.261 e. The number of carbonyl (C=O) groups excluding carboxylic acids is 2. The Labute approximate surface area is 124 Å². The number of hydrogen-bond acceptors (Lipinski definition) is 3. The van der Waals surface area contributed by atoms with E-state index in [0.717, 1.165) is 13.1 Å². The Kier molecular flexibility index (Phi) is 4.92. The van der Waals surface area contributed by atoms with E-state index in [1.165, 1.54) is 4.90 Å². The van der Waals surface area contributed by atoms with Crippen LogP contribution in [0.4, 0.5) is 0 Å². The molecule has 6 heteroatoms. The second-order valence-corrected chi connectivity index (χ2v) is 4.60. The van der Waals surface area contributed by atoms with Gasteiger partial charge in [-0.3, -0.25) is 19.5 Å². The molecule has 0 bridgehead atoms. The van der Waals surface area contributed by atoms with Gasteiger partial charge >= 0.3 is 0 Å². The SMILES string of the molecule is CCNC(=NCCN1C(=O)c2ccccc2C1=O)NCC. The molecule has 1 aromatic carbocycles. The summed E-state index contributed by atoms with van der Waals surface area (Å²) in [6.45, 7) is 6.15. The van der Waals surface area contributed by atoms with E-state index < -0.39 is 0 Å². The lowest BCUT2D eigenvalue weighted by molar-refractivity contribution is 0.0659. The summed E-state index contributed by atoms with van der Waals surface area (Å²) in [5, 5.41) is 6.20. The molecule has 0 aromatic heterocycles. The number of benzene rings is 1. The van der Waals surface area contributed by atoms with Gasteiger partial charge in [0, 0.05) is 19.6 Å². The predicted octanol–water partition coefficient (Wildman–Crippen LogP) is 0.858. The Morgan fingerprint density at radius 1 is 1.05 bits per heavy atom. The zero-order chi connectivity index (χ0) is 15.2. The molecule has 0 atom stereocenters. The van der Waals surface area contributed by atoms with Gasteiger partial charge in [0.05, 0.1) is 17.7 Å². The predicted molar refractivity (Wildman–Crippen MR) is 81.5 cm³/mol. The molecule has 0 fully saturated rings. The van der Waals surface area contributed by atoms with E-state index >= 15 is 0 Å². The fourth-order valence-corrected chi connectivity index (χ4v) is 2.21. The molecule has 1 aliphatic heterocycles. The molecule has 0 unspecified atom stereocenters. The highest BCUT2D eigenvalue weighted by Crippen LogP contribution is 2.21. The Morgan fingerprint density at radius 3 is 2.05 bits per heavy atom. The van der Waals surface area contributed by atoms with Crippen molar-refractivity contribution in [3.05, 3.63) is 35.4 Å². The van der Waals surface area contributed by atoms with Crippen LogP contribution in [0.3, 0.4) is 0 Å². The molecule has 21 heavy (non-hydrogen) atoms. The quantitative estimate of drug-likeness (QED) is 0.479. The molecule has 2 amide bonds. The standard InChI is InChI=1S/C15H20N4O2/c1-3-16-15(17-4-2)18-9-10-19-13(20)11-7-5-6-8-12(11)14(19)21/h5-8H,3-4,9-10H2,1-2H3,(H2,16,17,18). The van der Waals surface area contributed by atoms with Crippen LogP contribution in [0.1, 0.15) is 34.6 Å². The van der Waals surface area contributed by atoms with Crippen LogP contribution in [-0.2, 0) is 0 Å². The number of amides is 2. The van der Waals surface area contributed by atoms with Gasteiger partial charge in [0.2, 0.25) is 0 Å². The number of hydrogen-bond donors (Lipinski definition) is 2. The van der Waals surface area contributed by atoms with E-state index in [1.54, 1.807) is 24.3 Å². The third-order valence-corrected chi connectivity index (χ3v) is 3.16. The number of imide groups is 1. The second-order valence-electron chi connectivity index (χ2n) is 4.60. The molecule has 1 aliphatic rings. The Morgan fingerprint density at radius 2 is 1.57 bits per heavy atom. The summed E-state index contributed by atoms with van der Waals surface area (Å²) in [5.74, 6) is 0.218. The minimum Gasteiger partial charge on any atom is -0.357 e. The van der Waals surface area contributed by atoms with Gasteiger partial charge in [-0.2, -0.15) is 0 Å². The molecule has 0 spiro atoms. The summed E-state index contributed by atoms with van der Waals surface area (Å²) < 4.78 is 0. The van der Waals surface area contributed by atoms with E-state index in [4.69, 9.17) is 0 Å². The van der Waals surface area contributed by atoms with Gasteiger partial charge < -0.3 is 10.6 Å². The third-order valence-electron chi connectivity index (χ3n) is 3.16. The minimum absolute atomic E-state index is 0.237. The van der Waals surface area contributed by atoms with Crippen molar-refractivity contribution in [2.24, 2.45) is 4.99 Å². The second kappa shape index (κ2) is 6.88. The lowest BCUT2D eigenvalue weighted by Gasteiger charge is -2.13. The number of fused-ring (bicyclic) bond motifs is 1. The average molecular weight is 288 g/mol. The maximum absolute atomic E-state index is 12.2. The van der Waals surface area contributed by atoms with Crippen LogP contribution in [0.25, 0.3) is 0 Å². The van der Waals surface area contributed by atoms with Crippen LogP contribution in [0.5, 0.6) is 0 Å². The zero-order valence-electron chi connectivity index (χ0n) is 12.3. The van der Waals surface area contributed by atoms with Crippen LogP contribution in [0.2, 0.25) is 0 Å². The maximum atomic E-state index is 12.2. The van der Waals surface area contributed by atoms with E-state index in [2.05, 4.69) is 15.6 Å². The first-order chi connectivity index (χ1) is 10.2. The first-order valence-corrected chi connectivity index (χ1v) is 7.16. The van der Waals surface area contributed by atoms with Gasteiger partial charge in [0.15, 0.2) is 5.96 Å². The molecular weight excluding hydrogens is 268 g/mol. The number of nitrogens with zero attached hydrogens (tertiary/aromatic N) is 2. The molecule has 1 heterocycles. The molecule has 0 saturated carbocycles. The monoisotopic (exact) mass is 288 g/mol. The van der Waals surface area contributed by atoms with Crippen molar-refractivity contribution in [2.45, 2.75) is 13.8 Å². The van der Waals surface area contributed by atoms with E-state index in [-0.39, 0.29) is 18.4 Å². The molecule has 2 N–H and O–H groups in total. The van der Waals surface area contributed by atoms with E-state index in [9.17, 15) is 9.59 Å². The van der Waals surface area contributed by atoms with Crippen molar-refractivity contribution in [3.8, 4) is 0 Å². The Balaban J connectivity index is 2.00. The van der Waals surface area contributed by atoms with Crippen LogP contribution < -0.4 is 10.6 Å². The summed E-state index contributed by atoms with van der Waals surface area (Å²) in [4.78, 5) is 29.9. The molecule has 2 rings (SSSR count). The first kappa shape index (κ1) is 15.0. The number of guanidine groups is 1. The summed E-state index contributed by atoms with van der Waals surface area (Å²) in [6, 6.07) is 6.89. The number of carbonyl (C=O) groups is 2. The highest BCUT2D eigenvalue weighted by atomic mass is 16.2. The van der Waals surface area contributed by atoms with Gasteiger partial charge in [0.25, 0.3) is 11.8 Å². The van der Waals surface area contributed by atoms with Crippen molar-refractivity contribution < 1.29 is 9.59 Å². The van der Waals surface area contributed by atoms with Crippen LogP contribution in [0.15, 0.2) is 29.3 Å². The number of aliphatic imine (C=N–C) groups is 1. The van der Waals surface area contributed by atoms with Crippen molar-refractivity contribution in [3.63, 3.8) is 0 Å². The van der Waals surface area contributed by atoms with Crippen molar-refractivity contribution in [2.75, 3.05) is 26.2 Å². The average Bonchev–Trinajstić information content (AvgIpc) is 2.73.